The van der Waals surface area contributed by atoms with Gasteiger partial charge in [-0.1, -0.05) is 6.92 Å². The number of carbonyl (C=O) groups is 1. The minimum Gasteiger partial charge on any atom is -0.309 e. The molecule has 3 heteroatoms. The van der Waals surface area contributed by atoms with Gasteiger partial charge in [0.1, 0.15) is 5.78 Å². The van der Waals surface area contributed by atoms with Gasteiger partial charge in [-0.3, -0.25) is 4.79 Å². The third-order valence-corrected chi connectivity index (χ3v) is 2.87. The van der Waals surface area contributed by atoms with E-state index in [1.165, 1.54) is 5.75 Å². The average Bonchev–Trinajstić information content (AvgIpc) is 2.10. The number of ketones is 1. The van der Waals surface area contributed by atoms with Gasteiger partial charge < -0.3 is 4.90 Å². The Morgan fingerprint density at radius 2 is 2.00 bits per heavy atom. The van der Waals surface area contributed by atoms with Gasteiger partial charge in [0.25, 0.3) is 0 Å². The van der Waals surface area contributed by atoms with E-state index in [1.807, 2.05) is 18.7 Å². The van der Waals surface area contributed by atoms with E-state index in [0.29, 0.717) is 12.2 Å². The molecule has 0 unspecified atom stereocenters. The Morgan fingerprint density at radius 3 is 2.54 bits per heavy atom. The number of hydrogen-bond acceptors (Lipinski definition) is 3. The second kappa shape index (κ2) is 8.57. The molecule has 0 heterocycles. The van der Waals surface area contributed by atoms with E-state index in [4.69, 9.17) is 0 Å². The molecule has 0 amide bonds. The Balaban J connectivity index is 3.04. The van der Waals surface area contributed by atoms with Gasteiger partial charge in [-0.05, 0) is 26.3 Å². The zero-order valence-corrected chi connectivity index (χ0v) is 9.82. The molecule has 0 saturated carbocycles. The van der Waals surface area contributed by atoms with Crippen LogP contribution in [0.1, 0.15) is 26.2 Å². The first-order valence-electron chi connectivity index (χ1n) is 4.91. The van der Waals surface area contributed by atoms with Crippen LogP contribution in [0.3, 0.4) is 0 Å². The highest BCUT2D eigenvalue weighted by molar-refractivity contribution is 7.99. The lowest BCUT2D eigenvalue weighted by Gasteiger charge is -2.08. The molecule has 0 aliphatic heterocycles. The van der Waals surface area contributed by atoms with Crippen LogP contribution < -0.4 is 0 Å². The van der Waals surface area contributed by atoms with Crippen molar-refractivity contribution in [1.29, 1.82) is 0 Å². The van der Waals surface area contributed by atoms with E-state index in [2.05, 4.69) is 19.0 Å². The molecule has 0 fully saturated rings. The summed E-state index contributed by atoms with van der Waals surface area (Å²) in [4.78, 5) is 13.1. The summed E-state index contributed by atoms with van der Waals surface area (Å²) in [6.07, 6.45) is 2.51. The van der Waals surface area contributed by atoms with Crippen LogP contribution in [-0.2, 0) is 4.79 Å². The molecule has 2 nitrogen and oxygen atoms in total. The van der Waals surface area contributed by atoms with E-state index < -0.39 is 0 Å². The van der Waals surface area contributed by atoms with Gasteiger partial charge in [0, 0.05) is 25.1 Å². The Labute approximate surface area is 86.1 Å². The zero-order valence-electron chi connectivity index (χ0n) is 9.01. The highest BCUT2D eigenvalue weighted by atomic mass is 32.2. The number of thioether (sulfide) groups is 1. The van der Waals surface area contributed by atoms with Crippen LogP contribution in [0.5, 0.6) is 0 Å². The topological polar surface area (TPSA) is 20.3 Å². The summed E-state index contributed by atoms with van der Waals surface area (Å²) in [6.45, 7) is 3.06. The van der Waals surface area contributed by atoms with Gasteiger partial charge in [0.05, 0.1) is 0 Å². The second-order valence-electron chi connectivity index (χ2n) is 3.41. The molecular formula is C10H21NOS. The Bertz CT molecular complexity index is 137. The quantitative estimate of drug-likeness (QED) is 0.563. The molecular weight excluding hydrogens is 182 g/mol. The smallest absolute Gasteiger partial charge is 0.132 e. The molecule has 0 N–H and O–H groups in total. The highest BCUT2D eigenvalue weighted by Gasteiger charge is 1.97. The molecule has 0 aromatic rings. The van der Waals surface area contributed by atoms with Crippen LogP contribution in [0.25, 0.3) is 0 Å². The lowest BCUT2D eigenvalue weighted by molar-refractivity contribution is -0.118. The number of rotatable bonds is 8. The molecule has 0 rings (SSSR count). The maximum Gasteiger partial charge on any atom is 0.132 e. The van der Waals surface area contributed by atoms with Gasteiger partial charge in [0.15, 0.2) is 0 Å². The van der Waals surface area contributed by atoms with Gasteiger partial charge in [-0.2, -0.15) is 11.8 Å². The summed E-state index contributed by atoms with van der Waals surface area (Å²) < 4.78 is 0. The van der Waals surface area contributed by atoms with Crippen molar-refractivity contribution < 1.29 is 4.79 Å². The molecule has 0 aliphatic carbocycles. The molecule has 0 aromatic carbocycles. The SMILES string of the molecule is CCC(=O)CCCSCCN(C)C. The van der Waals surface area contributed by atoms with Crippen LogP contribution in [0.4, 0.5) is 0 Å². The van der Waals surface area contributed by atoms with E-state index in [9.17, 15) is 4.79 Å². The standard InChI is InChI=1S/C10H21NOS/c1-4-10(12)6-5-8-13-9-7-11(2)3/h4-9H2,1-3H3. The molecule has 13 heavy (non-hydrogen) atoms. The van der Waals surface area contributed by atoms with Gasteiger partial charge in [-0.15, -0.1) is 0 Å². The van der Waals surface area contributed by atoms with Gasteiger partial charge >= 0.3 is 0 Å². The fraction of sp³-hybridized carbons (Fsp3) is 0.900. The summed E-state index contributed by atoms with van der Waals surface area (Å²) in [5, 5.41) is 0. The third-order valence-electron chi connectivity index (χ3n) is 1.82. The van der Waals surface area contributed by atoms with Crippen molar-refractivity contribution in [2.75, 3.05) is 32.1 Å². The second-order valence-corrected chi connectivity index (χ2v) is 4.64. The molecule has 0 saturated heterocycles. The summed E-state index contributed by atoms with van der Waals surface area (Å²) in [5.74, 6) is 2.69. The van der Waals surface area contributed by atoms with Crippen LogP contribution in [0, 0.1) is 0 Å². The van der Waals surface area contributed by atoms with Crippen molar-refractivity contribution in [3.8, 4) is 0 Å². The lowest BCUT2D eigenvalue weighted by Crippen LogP contribution is -2.15. The maximum absolute atomic E-state index is 10.9. The Hall–Kier alpha value is -0.0200. The van der Waals surface area contributed by atoms with Crippen molar-refractivity contribution in [3.63, 3.8) is 0 Å². The Morgan fingerprint density at radius 1 is 1.31 bits per heavy atom. The van der Waals surface area contributed by atoms with E-state index in [-0.39, 0.29) is 0 Å². The lowest BCUT2D eigenvalue weighted by atomic mass is 10.2. The largest absolute Gasteiger partial charge is 0.309 e. The number of Topliss-reactive ketones (excluding diaryl/α,β-unsaturated/α-hetero) is 1. The fourth-order valence-electron chi connectivity index (χ4n) is 0.897. The predicted octanol–water partition coefficient (Wildman–Crippen LogP) is 2.04. The van der Waals surface area contributed by atoms with E-state index in [1.54, 1.807) is 0 Å². The van der Waals surface area contributed by atoms with Crippen molar-refractivity contribution in [1.82, 2.24) is 4.90 Å². The molecule has 0 spiro atoms. The number of nitrogens with zero attached hydrogens (tertiary/aromatic N) is 1. The third kappa shape index (κ3) is 9.90. The fourth-order valence-corrected chi connectivity index (χ4v) is 1.94. The molecule has 0 atom stereocenters. The van der Waals surface area contributed by atoms with Crippen LogP contribution in [0.2, 0.25) is 0 Å². The van der Waals surface area contributed by atoms with Gasteiger partial charge in [0.2, 0.25) is 0 Å². The highest BCUT2D eigenvalue weighted by Crippen LogP contribution is 2.05. The first-order chi connectivity index (χ1) is 6.16. The number of hydrogen-bond donors (Lipinski definition) is 0. The molecule has 0 bridgehead atoms. The van der Waals surface area contributed by atoms with Crippen molar-refractivity contribution in [2.24, 2.45) is 0 Å². The maximum atomic E-state index is 10.9. The first kappa shape index (κ1) is 13.0. The normalized spacial score (nSPS) is 10.8. The summed E-state index contributed by atoms with van der Waals surface area (Å²) in [5.41, 5.74) is 0. The van der Waals surface area contributed by atoms with Crippen LogP contribution >= 0.6 is 11.8 Å². The first-order valence-corrected chi connectivity index (χ1v) is 6.06. The summed E-state index contributed by atoms with van der Waals surface area (Å²) >= 11 is 1.94. The molecule has 0 aliphatic rings. The van der Waals surface area contributed by atoms with E-state index >= 15 is 0 Å². The minimum absolute atomic E-state index is 0.396. The molecule has 78 valence electrons. The minimum atomic E-state index is 0.396. The molecule has 0 radical (unpaired) electrons. The van der Waals surface area contributed by atoms with Crippen molar-refractivity contribution >= 4 is 17.5 Å². The number of carbonyl (C=O) groups excluding carboxylic acids is 1. The Kier molecular flexibility index (Phi) is 8.56. The van der Waals surface area contributed by atoms with Crippen LogP contribution in [-0.4, -0.2) is 42.8 Å². The molecule has 0 aromatic heterocycles. The zero-order chi connectivity index (χ0) is 10.1. The summed E-state index contributed by atoms with van der Waals surface area (Å²) in [7, 11) is 4.17. The summed E-state index contributed by atoms with van der Waals surface area (Å²) in [6, 6.07) is 0. The van der Waals surface area contributed by atoms with Crippen molar-refractivity contribution in [2.45, 2.75) is 26.2 Å². The average molecular weight is 203 g/mol. The van der Waals surface area contributed by atoms with Crippen LogP contribution in [0.15, 0.2) is 0 Å². The monoisotopic (exact) mass is 203 g/mol. The van der Waals surface area contributed by atoms with Crippen molar-refractivity contribution in [3.05, 3.63) is 0 Å². The van der Waals surface area contributed by atoms with Gasteiger partial charge in [-0.25, -0.2) is 0 Å². The van der Waals surface area contributed by atoms with E-state index in [0.717, 1.165) is 25.1 Å². The predicted molar refractivity (Wildman–Crippen MR) is 60.4 cm³/mol.